The number of hydrogen-bond donors (Lipinski definition) is 0. The van der Waals surface area contributed by atoms with Gasteiger partial charge in [0.2, 0.25) is 0 Å². The van der Waals surface area contributed by atoms with Crippen molar-refractivity contribution in [3.8, 4) is 0 Å². The smallest absolute Gasteiger partial charge is 0.324 e. The maximum absolute atomic E-state index is 12.2. The van der Waals surface area contributed by atoms with Crippen molar-refractivity contribution in [1.29, 1.82) is 0 Å². The van der Waals surface area contributed by atoms with Crippen molar-refractivity contribution in [2.75, 3.05) is 0 Å². The van der Waals surface area contributed by atoms with Gasteiger partial charge in [-0.05, 0) is 24.3 Å². The van der Waals surface area contributed by atoms with Gasteiger partial charge >= 0.3 is 5.97 Å². The fraction of sp³-hybridized carbons (Fsp3) is 0. The molecule has 0 saturated carbocycles. The first-order chi connectivity index (χ1) is 11.1. The number of aromatic nitrogens is 2. The van der Waals surface area contributed by atoms with E-state index in [-0.39, 0.29) is 16.7 Å². The van der Waals surface area contributed by atoms with Gasteiger partial charge in [-0.3, -0.25) is 9.59 Å². The molecule has 2 amide bonds. The predicted octanol–water partition coefficient (Wildman–Crippen LogP) is 1.70. The number of imidazole rings is 1. The molecule has 1 aliphatic heterocycles. The molecular weight excluding hydrogens is 298 g/mol. The van der Waals surface area contributed by atoms with Crippen molar-refractivity contribution in [3.05, 3.63) is 71.8 Å². The van der Waals surface area contributed by atoms with Crippen molar-refractivity contribution >= 4 is 23.3 Å². The topological polar surface area (TPSA) is 81.0 Å². The number of imide groups is 1. The molecule has 0 N–H and O–H groups in total. The zero-order valence-corrected chi connectivity index (χ0v) is 11.7. The summed E-state index contributed by atoms with van der Waals surface area (Å²) in [6, 6.07) is 9.40. The highest BCUT2D eigenvalue weighted by Crippen LogP contribution is 2.23. The summed E-state index contributed by atoms with van der Waals surface area (Å²) in [5.74, 6) is -2.09. The van der Waals surface area contributed by atoms with E-state index in [1.54, 1.807) is 41.3 Å². The Morgan fingerprint density at radius 3 is 2.43 bits per heavy atom. The number of hydroxylamine groups is 2. The van der Waals surface area contributed by atoms with E-state index in [9.17, 15) is 14.4 Å². The van der Waals surface area contributed by atoms with Crippen molar-refractivity contribution in [2.45, 2.75) is 0 Å². The lowest BCUT2D eigenvalue weighted by atomic mass is 10.1. The molecule has 0 unspecified atom stereocenters. The van der Waals surface area contributed by atoms with Crippen LogP contribution in [0.25, 0.3) is 5.52 Å². The molecule has 1 aromatic carbocycles. The van der Waals surface area contributed by atoms with E-state index in [1.807, 2.05) is 0 Å². The average Bonchev–Trinajstić information content (AvgIpc) is 3.13. The molecule has 0 radical (unpaired) electrons. The Bertz CT molecular complexity index is 941. The van der Waals surface area contributed by atoms with Gasteiger partial charge in [0.05, 0.1) is 34.7 Å². The minimum absolute atomic E-state index is 0.217. The standard InChI is InChI=1S/C16H9N3O4/c20-14-12-3-1-2-4-13(12)15(21)19(14)23-16(22)10-5-6-18-9-17-8-11(18)7-10/h1-9H. The van der Waals surface area contributed by atoms with Crippen LogP contribution in [0, 0.1) is 0 Å². The zero-order chi connectivity index (χ0) is 16.0. The Kier molecular flexibility index (Phi) is 2.74. The SMILES string of the molecule is O=C(ON1C(=O)c2ccccc2C1=O)c1ccn2cncc2c1. The Labute approximate surface area is 129 Å². The van der Waals surface area contributed by atoms with Crippen molar-refractivity contribution < 1.29 is 19.2 Å². The van der Waals surface area contributed by atoms with E-state index in [4.69, 9.17) is 4.84 Å². The lowest BCUT2D eigenvalue weighted by Gasteiger charge is -2.12. The molecule has 0 spiro atoms. The molecule has 0 aliphatic carbocycles. The molecule has 0 saturated heterocycles. The van der Waals surface area contributed by atoms with E-state index in [1.165, 1.54) is 18.2 Å². The first kappa shape index (κ1) is 13.2. The van der Waals surface area contributed by atoms with Crippen molar-refractivity contribution in [2.24, 2.45) is 0 Å². The molecule has 0 bridgehead atoms. The van der Waals surface area contributed by atoms with E-state index < -0.39 is 17.8 Å². The maximum atomic E-state index is 12.2. The monoisotopic (exact) mass is 307 g/mol. The Hall–Kier alpha value is -3.48. The van der Waals surface area contributed by atoms with E-state index in [0.29, 0.717) is 10.6 Å². The summed E-state index contributed by atoms with van der Waals surface area (Å²) in [5.41, 5.74) is 1.35. The molecular formula is C16H9N3O4. The quantitative estimate of drug-likeness (QED) is 0.673. The number of hydrogen-bond acceptors (Lipinski definition) is 5. The third-order valence-electron chi connectivity index (χ3n) is 3.58. The minimum Gasteiger partial charge on any atom is -0.324 e. The van der Waals surface area contributed by atoms with Crippen LogP contribution >= 0.6 is 0 Å². The predicted molar refractivity (Wildman–Crippen MR) is 77.5 cm³/mol. The Morgan fingerprint density at radius 2 is 1.74 bits per heavy atom. The van der Waals surface area contributed by atoms with Crippen LogP contribution in [0.15, 0.2) is 55.1 Å². The second-order valence-electron chi connectivity index (χ2n) is 4.97. The van der Waals surface area contributed by atoms with Gasteiger partial charge in [-0.15, -0.1) is 0 Å². The molecule has 2 aromatic heterocycles. The maximum Gasteiger partial charge on any atom is 0.364 e. The lowest BCUT2D eigenvalue weighted by molar-refractivity contribution is -0.0584. The Balaban J connectivity index is 1.62. The highest BCUT2D eigenvalue weighted by Gasteiger charge is 2.38. The molecule has 112 valence electrons. The summed E-state index contributed by atoms with van der Waals surface area (Å²) >= 11 is 0. The van der Waals surface area contributed by atoms with Crippen LogP contribution < -0.4 is 0 Å². The van der Waals surface area contributed by atoms with Gasteiger partial charge in [0.15, 0.2) is 0 Å². The highest BCUT2D eigenvalue weighted by molar-refractivity contribution is 6.21. The number of carbonyl (C=O) groups is 3. The number of fused-ring (bicyclic) bond motifs is 2. The van der Waals surface area contributed by atoms with E-state index >= 15 is 0 Å². The summed E-state index contributed by atoms with van der Waals surface area (Å²) in [5, 5.41) is 0.494. The van der Waals surface area contributed by atoms with Gasteiger partial charge < -0.3 is 9.24 Å². The average molecular weight is 307 g/mol. The van der Waals surface area contributed by atoms with Crippen LogP contribution in [0.4, 0.5) is 0 Å². The summed E-state index contributed by atoms with van der Waals surface area (Å²) in [7, 11) is 0. The number of amides is 2. The van der Waals surface area contributed by atoms with Gasteiger partial charge in [0.1, 0.15) is 0 Å². The van der Waals surface area contributed by atoms with Crippen LogP contribution in [0.1, 0.15) is 31.1 Å². The summed E-state index contributed by atoms with van der Waals surface area (Å²) < 4.78 is 1.72. The van der Waals surface area contributed by atoms with Gasteiger partial charge in [-0.25, -0.2) is 9.78 Å². The zero-order valence-electron chi connectivity index (χ0n) is 11.7. The number of carbonyl (C=O) groups excluding carboxylic acids is 3. The first-order valence-electron chi connectivity index (χ1n) is 6.77. The fourth-order valence-electron chi connectivity index (χ4n) is 2.43. The fourth-order valence-corrected chi connectivity index (χ4v) is 2.43. The molecule has 3 aromatic rings. The number of nitrogens with zero attached hydrogens (tertiary/aromatic N) is 3. The van der Waals surface area contributed by atoms with E-state index in [2.05, 4.69) is 4.98 Å². The first-order valence-corrected chi connectivity index (χ1v) is 6.77. The van der Waals surface area contributed by atoms with Gasteiger partial charge in [0, 0.05) is 6.20 Å². The molecule has 0 atom stereocenters. The van der Waals surface area contributed by atoms with Gasteiger partial charge in [0.25, 0.3) is 11.8 Å². The van der Waals surface area contributed by atoms with Crippen molar-refractivity contribution in [1.82, 2.24) is 14.4 Å². The molecule has 23 heavy (non-hydrogen) atoms. The third kappa shape index (κ3) is 1.98. The largest absolute Gasteiger partial charge is 0.364 e. The van der Waals surface area contributed by atoms with Crippen LogP contribution in [0.2, 0.25) is 0 Å². The Morgan fingerprint density at radius 1 is 1.04 bits per heavy atom. The summed E-state index contributed by atoms with van der Waals surface area (Å²) in [6.07, 6.45) is 4.81. The highest BCUT2D eigenvalue weighted by atomic mass is 16.7. The second kappa shape index (κ2) is 4.77. The number of rotatable bonds is 2. The molecule has 3 heterocycles. The van der Waals surface area contributed by atoms with Crippen LogP contribution in [-0.4, -0.2) is 32.2 Å². The number of benzene rings is 1. The van der Waals surface area contributed by atoms with E-state index in [0.717, 1.165) is 0 Å². The third-order valence-corrected chi connectivity index (χ3v) is 3.58. The lowest BCUT2D eigenvalue weighted by Crippen LogP contribution is -2.32. The second-order valence-corrected chi connectivity index (χ2v) is 4.97. The van der Waals surface area contributed by atoms with Crippen molar-refractivity contribution in [3.63, 3.8) is 0 Å². The normalized spacial score (nSPS) is 13.5. The van der Waals surface area contributed by atoms with Crippen LogP contribution in [-0.2, 0) is 4.84 Å². The summed E-state index contributed by atoms with van der Waals surface area (Å²) in [6.45, 7) is 0. The summed E-state index contributed by atoms with van der Waals surface area (Å²) in [4.78, 5) is 45.5. The molecule has 7 nitrogen and oxygen atoms in total. The molecule has 0 fully saturated rings. The minimum atomic E-state index is -0.789. The molecule has 7 heteroatoms. The van der Waals surface area contributed by atoms with Gasteiger partial charge in [-0.2, -0.15) is 0 Å². The van der Waals surface area contributed by atoms with Crippen LogP contribution in [0.5, 0.6) is 0 Å². The molecule has 4 rings (SSSR count). The molecule has 1 aliphatic rings. The number of pyridine rings is 1. The van der Waals surface area contributed by atoms with Crippen LogP contribution in [0.3, 0.4) is 0 Å². The van der Waals surface area contributed by atoms with Gasteiger partial charge in [-0.1, -0.05) is 17.2 Å².